The molecule has 0 aliphatic carbocycles. The molecule has 2 heteroatoms. The van der Waals surface area contributed by atoms with Gasteiger partial charge in [-0.2, -0.15) is 0 Å². The Kier molecular flexibility index (Phi) is 2.39. The van der Waals surface area contributed by atoms with Crippen LogP contribution in [-0.2, 0) is 0 Å². The molecule has 2 aliphatic heterocycles. The first-order chi connectivity index (χ1) is 6.41. The molecule has 2 fully saturated rings. The average molecular weight is 196 g/mol. The smallest absolute Gasteiger partial charge is 0.0144 e. The zero-order valence-electron chi connectivity index (χ0n) is 9.96. The Balaban J connectivity index is 2.23. The summed E-state index contributed by atoms with van der Waals surface area (Å²) in [6, 6.07) is 1.93. The Morgan fingerprint density at radius 1 is 1.21 bits per heavy atom. The highest BCUT2D eigenvalue weighted by atomic mass is 15.2. The number of hydrogen-bond donors (Lipinski definition) is 1. The maximum Gasteiger partial charge on any atom is 0.0144 e. The molecule has 2 N–H and O–H groups in total. The third-order valence-electron chi connectivity index (χ3n) is 4.31. The Hall–Kier alpha value is -0.0800. The Bertz CT molecular complexity index is 219. The van der Waals surface area contributed by atoms with Gasteiger partial charge in [0.1, 0.15) is 0 Å². The molecular weight excluding hydrogens is 172 g/mol. The third-order valence-corrected chi connectivity index (χ3v) is 4.31. The van der Waals surface area contributed by atoms with Crippen LogP contribution in [0.5, 0.6) is 0 Å². The van der Waals surface area contributed by atoms with E-state index in [0.29, 0.717) is 17.4 Å². The number of nitrogens with zero attached hydrogens (tertiary/aromatic N) is 1. The van der Waals surface area contributed by atoms with Crippen LogP contribution in [0.1, 0.15) is 40.0 Å². The van der Waals surface area contributed by atoms with Crippen molar-refractivity contribution in [1.29, 1.82) is 0 Å². The molecule has 2 saturated heterocycles. The van der Waals surface area contributed by atoms with Gasteiger partial charge in [0.25, 0.3) is 0 Å². The van der Waals surface area contributed by atoms with E-state index in [2.05, 4.69) is 32.7 Å². The predicted octanol–water partition coefficient (Wildman–Crippen LogP) is 1.84. The summed E-state index contributed by atoms with van der Waals surface area (Å²) in [5.74, 6) is 0.672. The normalized spacial score (nSPS) is 44.4. The summed E-state index contributed by atoms with van der Waals surface area (Å²) in [7, 11) is 2.28. The maximum absolute atomic E-state index is 6.32. The molecule has 2 bridgehead atoms. The standard InChI is InChI=1S/C12H24N2/c1-12(2,3)11-9(13)7-8-5-6-10(11)14(8)4/h8-11H,5-7,13H2,1-4H3. The van der Waals surface area contributed by atoms with E-state index in [9.17, 15) is 0 Å². The molecular formula is C12H24N2. The van der Waals surface area contributed by atoms with Crippen LogP contribution >= 0.6 is 0 Å². The van der Waals surface area contributed by atoms with Crippen molar-refractivity contribution < 1.29 is 0 Å². The van der Waals surface area contributed by atoms with Crippen LogP contribution < -0.4 is 5.73 Å². The first kappa shape index (κ1) is 10.4. The number of fused-ring (bicyclic) bond motifs is 2. The zero-order chi connectivity index (χ0) is 10.5. The molecule has 2 nitrogen and oxygen atoms in total. The second kappa shape index (κ2) is 3.21. The Morgan fingerprint density at radius 3 is 2.43 bits per heavy atom. The van der Waals surface area contributed by atoms with Crippen LogP contribution in [0.4, 0.5) is 0 Å². The van der Waals surface area contributed by atoms with Gasteiger partial charge in [0.15, 0.2) is 0 Å². The molecule has 0 saturated carbocycles. The van der Waals surface area contributed by atoms with Gasteiger partial charge in [0, 0.05) is 18.1 Å². The number of piperidine rings is 1. The van der Waals surface area contributed by atoms with Gasteiger partial charge < -0.3 is 10.6 Å². The van der Waals surface area contributed by atoms with Gasteiger partial charge >= 0.3 is 0 Å². The second-order valence-electron chi connectivity index (χ2n) is 6.26. The van der Waals surface area contributed by atoms with E-state index in [1.807, 2.05) is 0 Å². The number of hydrogen-bond acceptors (Lipinski definition) is 2. The molecule has 4 atom stereocenters. The van der Waals surface area contributed by atoms with Gasteiger partial charge in [0.05, 0.1) is 0 Å². The highest BCUT2D eigenvalue weighted by molar-refractivity contribution is 5.03. The molecule has 0 aromatic rings. The van der Waals surface area contributed by atoms with Crippen LogP contribution in [0.3, 0.4) is 0 Å². The van der Waals surface area contributed by atoms with Gasteiger partial charge in [-0.25, -0.2) is 0 Å². The van der Waals surface area contributed by atoms with Gasteiger partial charge in [-0.05, 0) is 37.6 Å². The lowest BCUT2D eigenvalue weighted by atomic mass is 9.70. The van der Waals surface area contributed by atoms with E-state index < -0.39 is 0 Å². The molecule has 0 radical (unpaired) electrons. The van der Waals surface area contributed by atoms with Crippen molar-refractivity contribution in [2.45, 2.75) is 58.2 Å². The van der Waals surface area contributed by atoms with Gasteiger partial charge in [0.2, 0.25) is 0 Å². The van der Waals surface area contributed by atoms with Gasteiger partial charge in [-0.15, -0.1) is 0 Å². The summed E-state index contributed by atoms with van der Waals surface area (Å²) in [4.78, 5) is 2.58. The van der Waals surface area contributed by atoms with Crippen molar-refractivity contribution in [3.8, 4) is 0 Å². The molecule has 2 rings (SSSR count). The fraction of sp³-hybridized carbons (Fsp3) is 1.00. The first-order valence-electron chi connectivity index (χ1n) is 5.89. The third kappa shape index (κ3) is 1.49. The van der Waals surface area contributed by atoms with Crippen molar-refractivity contribution >= 4 is 0 Å². The van der Waals surface area contributed by atoms with Crippen molar-refractivity contribution in [2.75, 3.05) is 7.05 Å². The van der Waals surface area contributed by atoms with Crippen LogP contribution in [0.15, 0.2) is 0 Å². The Labute approximate surface area is 87.8 Å². The van der Waals surface area contributed by atoms with Gasteiger partial charge in [-0.1, -0.05) is 20.8 Å². The summed E-state index contributed by atoms with van der Waals surface area (Å²) in [6.07, 6.45) is 3.92. The van der Waals surface area contributed by atoms with Crippen LogP contribution in [0.2, 0.25) is 0 Å². The fourth-order valence-corrected chi connectivity index (χ4v) is 3.72. The van der Waals surface area contributed by atoms with E-state index in [4.69, 9.17) is 5.73 Å². The summed E-state index contributed by atoms with van der Waals surface area (Å²) >= 11 is 0. The molecule has 2 aliphatic rings. The van der Waals surface area contributed by atoms with E-state index in [0.717, 1.165) is 12.1 Å². The number of rotatable bonds is 0. The average Bonchev–Trinajstić information content (AvgIpc) is 2.32. The van der Waals surface area contributed by atoms with Crippen LogP contribution in [0.25, 0.3) is 0 Å². The second-order valence-corrected chi connectivity index (χ2v) is 6.26. The molecule has 0 aromatic heterocycles. The number of nitrogens with two attached hydrogens (primary N) is 1. The first-order valence-corrected chi connectivity index (χ1v) is 5.89. The molecule has 2 heterocycles. The van der Waals surface area contributed by atoms with Crippen molar-refractivity contribution in [2.24, 2.45) is 17.1 Å². The molecule has 82 valence electrons. The lowest BCUT2D eigenvalue weighted by Gasteiger charge is -2.47. The molecule has 14 heavy (non-hydrogen) atoms. The molecule has 4 unspecified atom stereocenters. The van der Waals surface area contributed by atoms with E-state index >= 15 is 0 Å². The zero-order valence-corrected chi connectivity index (χ0v) is 9.96. The molecule has 0 amide bonds. The topological polar surface area (TPSA) is 29.3 Å². The monoisotopic (exact) mass is 196 g/mol. The summed E-state index contributed by atoms with van der Waals surface area (Å²) < 4.78 is 0. The highest BCUT2D eigenvalue weighted by Gasteiger charge is 2.48. The van der Waals surface area contributed by atoms with E-state index in [1.54, 1.807) is 0 Å². The summed E-state index contributed by atoms with van der Waals surface area (Å²) in [5, 5.41) is 0. The molecule has 0 aromatic carbocycles. The fourth-order valence-electron chi connectivity index (χ4n) is 3.72. The highest BCUT2D eigenvalue weighted by Crippen LogP contribution is 2.44. The summed E-state index contributed by atoms with van der Waals surface area (Å²) in [5.41, 5.74) is 6.68. The lowest BCUT2D eigenvalue weighted by molar-refractivity contribution is 0.0357. The van der Waals surface area contributed by atoms with Crippen molar-refractivity contribution in [1.82, 2.24) is 4.90 Å². The minimum atomic E-state index is 0.355. The van der Waals surface area contributed by atoms with E-state index in [1.165, 1.54) is 19.3 Å². The molecule has 0 spiro atoms. The Morgan fingerprint density at radius 2 is 1.86 bits per heavy atom. The lowest BCUT2D eigenvalue weighted by Crippen LogP contribution is -2.56. The SMILES string of the molecule is CN1C2CCC1C(C(C)(C)C)C(N)C2. The predicted molar refractivity (Wildman–Crippen MR) is 60.1 cm³/mol. The van der Waals surface area contributed by atoms with Gasteiger partial charge in [-0.3, -0.25) is 0 Å². The quantitative estimate of drug-likeness (QED) is 0.640. The minimum Gasteiger partial charge on any atom is -0.327 e. The maximum atomic E-state index is 6.32. The summed E-state index contributed by atoms with van der Waals surface area (Å²) in [6.45, 7) is 7.01. The van der Waals surface area contributed by atoms with Crippen molar-refractivity contribution in [3.63, 3.8) is 0 Å². The van der Waals surface area contributed by atoms with Crippen molar-refractivity contribution in [3.05, 3.63) is 0 Å². The minimum absolute atomic E-state index is 0.355. The van der Waals surface area contributed by atoms with E-state index in [-0.39, 0.29) is 0 Å². The largest absolute Gasteiger partial charge is 0.327 e. The van der Waals surface area contributed by atoms with Crippen LogP contribution in [-0.4, -0.2) is 30.1 Å². The van der Waals surface area contributed by atoms with Crippen LogP contribution in [0, 0.1) is 11.3 Å².